The summed E-state index contributed by atoms with van der Waals surface area (Å²) in [6, 6.07) is 1.72. The molecule has 0 bridgehead atoms. The van der Waals surface area contributed by atoms with Crippen molar-refractivity contribution in [1.82, 2.24) is 9.78 Å². The fraction of sp³-hybridized carbons (Fsp3) is 0.400. The van der Waals surface area contributed by atoms with Crippen LogP contribution in [0.15, 0.2) is 23.8 Å². The van der Waals surface area contributed by atoms with Crippen LogP contribution in [0.4, 0.5) is 10.5 Å². The van der Waals surface area contributed by atoms with Crippen LogP contribution in [0.1, 0.15) is 17.4 Å². The molecule has 0 fully saturated rings. The van der Waals surface area contributed by atoms with Crippen LogP contribution in [0, 0.1) is 13.8 Å². The second-order valence-electron chi connectivity index (χ2n) is 4.85. The summed E-state index contributed by atoms with van der Waals surface area (Å²) in [7, 11) is 0. The maximum Gasteiger partial charge on any atom is 0.412 e. The number of aromatic nitrogens is 2. The van der Waals surface area contributed by atoms with E-state index >= 15 is 0 Å². The topological polar surface area (TPSA) is 82.5 Å². The van der Waals surface area contributed by atoms with Gasteiger partial charge in [0, 0.05) is 17.3 Å². The van der Waals surface area contributed by atoms with Crippen LogP contribution in [-0.4, -0.2) is 34.6 Å². The van der Waals surface area contributed by atoms with Crippen molar-refractivity contribution < 1.29 is 19.1 Å². The summed E-state index contributed by atoms with van der Waals surface area (Å²) < 4.78 is 11.7. The zero-order valence-corrected chi connectivity index (χ0v) is 14.1. The van der Waals surface area contributed by atoms with Gasteiger partial charge >= 0.3 is 12.1 Å². The van der Waals surface area contributed by atoms with Gasteiger partial charge in [0.05, 0.1) is 18.8 Å². The maximum absolute atomic E-state index is 12.1. The van der Waals surface area contributed by atoms with Gasteiger partial charge in [-0.2, -0.15) is 5.10 Å². The normalized spacial score (nSPS) is 11.8. The van der Waals surface area contributed by atoms with Gasteiger partial charge in [-0.25, -0.2) is 9.59 Å². The van der Waals surface area contributed by atoms with E-state index in [4.69, 9.17) is 9.47 Å². The van der Waals surface area contributed by atoms with E-state index in [9.17, 15) is 9.59 Å². The van der Waals surface area contributed by atoms with Crippen molar-refractivity contribution in [2.45, 2.75) is 33.4 Å². The zero-order chi connectivity index (χ0) is 16.8. The minimum atomic E-state index is -1.06. The Morgan fingerprint density at radius 2 is 2.22 bits per heavy atom. The number of carbonyl (C=O) groups excluding carboxylic acids is 2. The summed E-state index contributed by atoms with van der Waals surface area (Å²) in [4.78, 5) is 25.0. The zero-order valence-electron chi connectivity index (χ0n) is 13.2. The van der Waals surface area contributed by atoms with E-state index in [0.29, 0.717) is 5.69 Å². The Balaban J connectivity index is 2.04. The molecule has 0 aliphatic carbocycles. The molecule has 0 spiro atoms. The highest BCUT2D eigenvalue weighted by atomic mass is 32.1. The van der Waals surface area contributed by atoms with Gasteiger partial charge in [-0.3, -0.25) is 10.00 Å². The van der Waals surface area contributed by atoms with E-state index in [0.717, 1.165) is 10.4 Å². The molecule has 8 heteroatoms. The van der Waals surface area contributed by atoms with Crippen LogP contribution in [0.2, 0.25) is 0 Å². The summed E-state index contributed by atoms with van der Waals surface area (Å²) in [6.45, 7) is 5.80. The first-order chi connectivity index (χ1) is 11.0. The van der Waals surface area contributed by atoms with Gasteiger partial charge in [0.1, 0.15) is 0 Å². The second-order valence-corrected chi connectivity index (χ2v) is 5.93. The smallest absolute Gasteiger partial charge is 0.412 e. The van der Waals surface area contributed by atoms with E-state index in [-0.39, 0.29) is 13.2 Å². The number of hydrogen-bond donors (Lipinski definition) is 1. The van der Waals surface area contributed by atoms with Crippen LogP contribution in [0.5, 0.6) is 0 Å². The molecule has 0 aromatic carbocycles. The third-order valence-corrected chi connectivity index (χ3v) is 4.13. The van der Waals surface area contributed by atoms with E-state index in [2.05, 4.69) is 10.4 Å². The van der Waals surface area contributed by atoms with E-state index in [1.165, 1.54) is 16.0 Å². The van der Waals surface area contributed by atoms with E-state index in [1.807, 2.05) is 19.2 Å². The van der Waals surface area contributed by atoms with Crippen LogP contribution in [0.3, 0.4) is 0 Å². The SMILES string of the molecule is CCOC(=O)C(Cn1cccn1)OC(=O)Nc1c(C)csc1C. The standard InChI is InChI=1S/C15H19N3O4S/c1-4-21-14(19)12(8-18-7-5-6-16-18)22-15(20)17-13-10(2)9-23-11(13)3/h5-7,9,12H,4,8H2,1-3H3,(H,17,20). The summed E-state index contributed by atoms with van der Waals surface area (Å²) in [5, 5.41) is 8.63. The molecule has 0 aliphatic heterocycles. The molecule has 0 aliphatic rings. The van der Waals surface area contributed by atoms with E-state index < -0.39 is 18.2 Å². The molecule has 1 N–H and O–H groups in total. The minimum Gasteiger partial charge on any atom is -0.463 e. The number of ether oxygens (including phenoxy) is 2. The summed E-state index contributed by atoms with van der Waals surface area (Å²) in [5.41, 5.74) is 1.66. The monoisotopic (exact) mass is 337 g/mol. The Labute approximate surface area is 138 Å². The average molecular weight is 337 g/mol. The molecule has 1 amide bonds. The third-order valence-electron chi connectivity index (χ3n) is 3.10. The van der Waals surface area contributed by atoms with Crippen LogP contribution in [0.25, 0.3) is 0 Å². The highest BCUT2D eigenvalue weighted by molar-refractivity contribution is 7.10. The van der Waals surface area contributed by atoms with Gasteiger partial charge in [-0.1, -0.05) is 0 Å². The molecule has 2 aromatic heterocycles. The number of esters is 1. The molecule has 23 heavy (non-hydrogen) atoms. The Morgan fingerprint density at radius 3 is 2.78 bits per heavy atom. The van der Waals surface area contributed by atoms with Crippen molar-refractivity contribution in [3.05, 3.63) is 34.3 Å². The fourth-order valence-electron chi connectivity index (χ4n) is 1.99. The molecule has 1 unspecified atom stereocenters. The molecule has 7 nitrogen and oxygen atoms in total. The van der Waals surface area contributed by atoms with Crippen molar-refractivity contribution >= 4 is 29.1 Å². The average Bonchev–Trinajstić information content (AvgIpc) is 3.12. The van der Waals surface area contributed by atoms with Crippen molar-refractivity contribution in [3.63, 3.8) is 0 Å². The summed E-state index contributed by atoms with van der Waals surface area (Å²) >= 11 is 1.53. The molecule has 0 saturated heterocycles. The van der Waals surface area contributed by atoms with Gasteiger partial charge in [0.2, 0.25) is 6.10 Å². The predicted molar refractivity (Wildman–Crippen MR) is 86.5 cm³/mol. The largest absolute Gasteiger partial charge is 0.463 e. The lowest BCUT2D eigenvalue weighted by Crippen LogP contribution is -2.35. The number of aryl methyl sites for hydroxylation is 2. The first-order valence-electron chi connectivity index (χ1n) is 7.17. The van der Waals surface area contributed by atoms with Gasteiger partial charge < -0.3 is 9.47 Å². The van der Waals surface area contributed by atoms with E-state index in [1.54, 1.807) is 25.4 Å². The van der Waals surface area contributed by atoms with Gasteiger partial charge in [-0.15, -0.1) is 11.3 Å². The van der Waals surface area contributed by atoms with Crippen molar-refractivity contribution in [2.75, 3.05) is 11.9 Å². The first-order valence-corrected chi connectivity index (χ1v) is 8.05. The molecule has 2 heterocycles. The number of thiophene rings is 1. The number of hydrogen-bond acceptors (Lipinski definition) is 6. The molecular weight excluding hydrogens is 318 g/mol. The highest BCUT2D eigenvalue weighted by Gasteiger charge is 2.25. The van der Waals surface area contributed by atoms with Gasteiger partial charge in [-0.05, 0) is 37.8 Å². The lowest BCUT2D eigenvalue weighted by atomic mass is 10.3. The predicted octanol–water partition coefficient (Wildman–Crippen LogP) is 2.74. The van der Waals surface area contributed by atoms with Gasteiger partial charge in [0.15, 0.2) is 0 Å². The second kappa shape index (κ2) is 7.77. The summed E-state index contributed by atoms with van der Waals surface area (Å²) in [5.74, 6) is -0.600. The highest BCUT2D eigenvalue weighted by Crippen LogP contribution is 2.26. The number of carbonyl (C=O) groups is 2. The Bertz CT molecular complexity index is 647. The summed E-state index contributed by atoms with van der Waals surface area (Å²) in [6.07, 6.45) is 1.51. The van der Waals surface area contributed by atoms with Crippen molar-refractivity contribution in [3.8, 4) is 0 Å². The molecule has 2 rings (SSSR count). The van der Waals surface area contributed by atoms with Crippen LogP contribution in [-0.2, 0) is 20.8 Å². The Morgan fingerprint density at radius 1 is 1.43 bits per heavy atom. The number of amides is 1. The quantitative estimate of drug-likeness (QED) is 0.820. The molecule has 2 aromatic rings. The van der Waals surface area contributed by atoms with Crippen molar-refractivity contribution in [2.24, 2.45) is 0 Å². The lowest BCUT2D eigenvalue weighted by molar-refractivity contribution is -0.153. The molecule has 124 valence electrons. The Kier molecular flexibility index (Phi) is 5.75. The number of anilines is 1. The lowest BCUT2D eigenvalue weighted by Gasteiger charge is -2.17. The maximum atomic E-state index is 12.1. The molecule has 0 radical (unpaired) electrons. The Hall–Kier alpha value is -2.35. The molecule has 1 atom stereocenters. The van der Waals surface area contributed by atoms with Gasteiger partial charge in [0.25, 0.3) is 0 Å². The fourth-order valence-corrected chi connectivity index (χ4v) is 2.79. The minimum absolute atomic E-state index is 0.0981. The van der Waals surface area contributed by atoms with Crippen LogP contribution >= 0.6 is 11.3 Å². The molecular formula is C15H19N3O4S. The number of nitrogens with zero attached hydrogens (tertiary/aromatic N) is 2. The van der Waals surface area contributed by atoms with Crippen molar-refractivity contribution in [1.29, 1.82) is 0 Å². The number of nitrogens with one attached hydrogen (secondary N) is 1. The number of rotatable bonds is 6. The molecule has 0 saturated carbocycles. The third kappa shape index (κ3) is 4.56. The van der Waals surface area contributed by atoms with Crippen LogP contribution < -0.4 is 5.32 Å². The first kappa shape index (κ1) is 17.0.